The van der Waals surface area contributed by atoms with Crippen LogP contribution in [0.5, 0.6) is 0 Å². The number of carbonyl (C=O) groups is 1. The Hall–Kier alpha value is -2.29. The van der Waals surface area contributed by atoms with Crippen molar-refractivity contribution in [2.24, 2.45) is 0 Å². The Morgan fingerprint density at radius 2 is 1.52 bits per heavy atom. The summed E-state index contributed by atoms with van der Waals surface area (Å²) in [6.07, 6.45) is 1.91. The monoisotopic (exact) mass is 282 g/mol. The van der Waals surface area contributed by atoms with Crippen molar-refractivity contribution in [2.75, 3.05) is 6.54 Å². The smallest absolute Gasteiger partial charge is 0.315 e. The molecule has 0 fully saturated rings. The molecule has 2 N–H and O–H groups in total. The molecule has 3 heteroatoms. The topological polar surface area (TPSA) is 41.1 Å². The lowest BCUT2D eigenvalue weighted by Gasteiger charge is -2.08. The zero-order chi connectivity index (χ0) is 14.9. The van der Waals surface area contributed by atoms with Crippen molar-refractivity contribution in [1.82, 2.24) is 10.6 Å². The zero-order valence-corrected chi connectivity index (χ0v) is 12.4. The predicted octanol–water partition coefficient (Wildman–Crippen LogP) is 3.29. The first kappa shape index (κ1) is 15.1. The Labute approximate surface area is 126 Å². The molecule has 2 aromatic carbocycles. The molecule has 2 aromatic rings. The van der Waals surface area contributed by atoms with Crippen LogP contribution < -0.4 is 10.6 Å². The first-order chi connectivity index (χ1) is 10.3. The van der Waals surface area contributed by atoms with Crippen LogP contribution in [0.15, 0.2) is 54.6 Å². The summed E-state index contributed by atoms with van der Waals surface area (Å²) in [7, 11) is 0. The van der Waals surface area contributed by atoms with Crippen molar-refractivity contribution >= 4 is 6.03 Å². The second kappa shape index (κ2) is 8.10. The van der Waals surface area contributed by atoms with Crippen LogP contribution in [-0.4, -0.2) is 12.6 Å². The standard InChI is InChI=1S/C18H22N2O/c1-2-15-8-10-16(11-9-15)12-13-19-18(21)20-14-17-6-4-3-5-7-17/h3-11H,2,12-14H2,1H3,(H2,19,20,21). The van der Waals surface area contributed by atoms with Crippen molar-refractivity contribution in [3.8, 4) is 0 Å². The molecule has 0 atom stereocenters. The molecule has 0 spiro atoms. The van der Waals surface area contributed by atoms with Crippen LogP contribution >= 0.6 is 0 Å². The highest BCUT2D eigenvalue weighted by molar-refractivity contribution is 5.73. The van der Waals surface area contributed by atoms with Crippen LogP contribution in [0.4, 0.5) is 4.79 Å². The molecule has 0 bridgehead atoms. The lowest BCUT2D eigenvalue weighted by molar-refractivity contribution is 0.240. The molecule has 0 unspecified atom stereocenters. The summed E-state index contributed by atoms with van der Waals surface area (Å²) in [6, 6.07) is 18.3. The van der Waals surface area contributed by atoms with Crippen molar-refractivity contribution < 1.29 is 4.79 Å². The van der Waals surface area contributed by atoms with Gasteiger partial charge < -0.3 is 10.6 Å². The SMILES string of the molecule is CCc1ccc(CCNC(=O)NCc2ccccc2)cc1. The summed E-state index contributed by atoms with van der Waals surface area (Å²) in [5.74, 6) is 0. The van der Waals surface area contributed by atoms with Gasteiger partial charge in [-0.15, -0.1) is 0 Å². The molecule has 0 radical (unpaired) electrons. The molecule has 3 nitrogen and oxygen atoms in total. The Morgan fingerprint density at radius 3 is 2.19 bits per heavy atom. The van der Waals surface area contributed by atoms with E-state index in [9.17, 15) is 4.79 Å². The highest BCUT2D eigenvalue weighted by Crippen LogP contribution is 2.05. The van der Waals surface area contributed by atoms with E-state index in [4.69, 9.17) is 0 Å². The van der Waals surface area contributed by atoms with Crippen molar-refractivity contribution in [3.05, 3.63) is 71.3 Å². The summed E-state index contributed by atoms with van der Waals surface area (Å²) in [6.45, 7) is 3.34. The van der Waals surface area contributed by atoms with Gasteiger partial charge in [-0.1, -0.05) is 61.5 Å². The van der Waals surface area contributed by atoms with E-state index in [0.29, 0.717) is 13.1 Å². The Kier molecular flexibility index (Phi) is 5.83. The van der Waals surface area contributed by atoms with Crippen LogP contribution in [0.3, 0.4) is 0 Å². The average Bonchev–Trinajstić information content (AvgIpc) is 2.54. The van der Waals surface area contributed by atoms with E-state index in [1.807, 2.05) is 30.3 Å². The van der Waals surface area contributed by atoms with Gasteiger partial charge in [-0.3, -0.25) is 0 Å². The van der Waals surface area contributed by atoms with Gasteiger partial charge in [0, 0.05) is 13.1 Å². The number of hydrogen-bond donors (Lipinski definition) is 2. The number of amides is 2. The third-order valence-electron chi connectivity index (χ3n) is 3.43. The lowest BCUT2D eigenvalue weighted by atomic mass is 10.1. The third-order valence-corrected chi connectivity index (χ3v) is 3.43. The van der Waals surface area contributed by atoms with E-state index in [1.165, 1.54) is 11.1 Å². The third kappa shape index (κ3) is 5.30. The number of benzene rings is 2. The molecule has 0 saturated heterocycles. The molecule has 0 aliphatic carbocycles. The summed E-state index contributed by atoms with van der Waals surface area (Å²) in [5.41, 5.74) is 3.69. The van der Waals surface area contributed by atoms with E-state index in [2.05, 4.69) is 41.8 Å². The largest absolute Gasteiger partial charge is 0.338 e. The molecular weight excluding hydrogens is 260 g/mol. The van der Waals surface area contributed by atoms with Gasteiger partial charge in [0.05, 0.1) is 0 Å². The Morgan fingerprint density at radius 1 is 0.857 bits per heavy atom. The maximum absolute atomic E-state index is 11.7. The number of urea groups is 1. The molecule has 0 aliphatic heterocycles. The first-order valence-corrected chi connectivity index (χ1v) is 7.41. The second-order valence-electron chi connectivity index (χ2n) is 5.02. The summed E-state index contributed by atoms with van der Waals surface area (Å²) < 4.78 is 0. The molecular formula is C18H22N2O. The summed E-state index contributed by atoms with van der Waals surface area (Å²) in [4.78, 5) is 11.7. The molecule has 0 saturated carbocycles. The summed E-state index contributed by atoms with van der Waals surface area (Å²) >= 11 is 0. The van der Waals surface area contributed by atoms with Crippen LogP contribution in [0.1, 0.15) is 23.6 Å². The summed E-state index contributed by atoms with van der Waals surface area (Å²) in [5, 5.41) is 5.73. The van der Waals surface area contributed by atoms with Crippen LogP contribution in [0.2, 0.25) is 0 Å². The highest BCUT2D eigenvalue weighted by Gasteiger charge is 2.00. The van der Waals surface area contributed by atoms with Gasteiger partial charge in [0.25, 0.3) is 0 Å². The van der Waals surface area contributed by atoms with E-state index in [1.54, 1.807) is 0 Å². The maximum atomic E-state index is 11.7. The minimum Gasteiger partial charge on any atom is -0.338 e. The lowest BCUT2D eigenvalue weighted by Crippen LogP contribution is -2.36. The molecule has 21 heavy (non-hydrogen) atoms. The van der Waals surface area contributed by atoms with E-state index < -0.39 is 0 Å². The van der Waals surface area contributed by atoms with Crippen LogP contribution in [0, 0.1) is 0 Å². The van der Waals surface area contributed by atoms with Gasteiger partial charge in [-0.05, 0) is 29.5 Å². The maximum Gasteiger partial charge on any atom is 0.315 e. The Balaban J connectivity index is 1.66. The van der Waals surface area contributed by atoms with Gasteiger partial charge in [-0.2, -0.15) is 0 Å². The number of aryl methyl sites for hydroxylation is 1. The fourth-order valence-corrected chi connectivity index (χ4v) is 2.10. The number of nitrogens with one attached hydrogen (secondary N) is 2. The van der Waals surface area contributed by atoms with E-state index in [-0.39, 0.29) is 6.03 Å². The minimum absolute atomic E-state index is 0.121. The molecule has 110 valence electrons. The predicted molar refractivity (Wildman–Crippen MR) is 86.2 cm³/mol. The number of carbonyl (C=O) groups excluding carboxylic acids is 1. The molecule has 2 rings (SSSR count). The average molecular weight is 282 g/mol. The van der Waals surface area contributed by atoms with Crippen molar-refractivity contribution in [2.45, 2.75) is 26.3 Å². The van der Waals surface area contributed by atoms with Gasteiger partial charge in [0.1, 0.15) is 0 Å². The van der Waals surface area contributed by atoms with Gasteiger partial charge in [0.15, 0.2) is 0 Å². The van der Waals surface area contributed by atoms with E-state index >= 15 is 0 Å². The fraction of sp³-hybridized carbons (Fsp3) is 0.278. The normalized spacial score (nSPS) is 10.1. The highest BCUT2D eigenvalue weighted by atomic mass is 16.2. The van der Waals surface area contributed by atoms with Crippen molar-refractivity contribution in [1.29, 1.82) is 0 Å². The van der Waals surface area contributed by atoms with Crippen LogP contribution in [0.25, 0.3) is 0 Å². The number of rotatable bonds is 6. The van der Waals surface area contributed by atoms with Crippen molar-refractivity contribution in [3.63, 3.8) is 0 Å². The molecule has 2 amide bonds. The quantitative estimate of drug-likeness (QED) is 0.838. The molecule has 0 heterocycles. The first-order valence-electron chi connectivity index (χ1n) is 7.41. The Bertz CT molecular complexity index is 549. The van der Waals surface area contributed by atoms with Crippen LogP contribution in [-0.2, 0) is 19.4 Å². The second-order valence-corrected chi connectivity index (χ2v) is 5.02. The van der Waals surface area contributed by atoms with Gasteiger partial charge >= 0.3 is 6.03 Å². The molecule has 0 aromatic heterocycles. The zero-order valence-electron chi connectivity index (χ0n) is 12.4. The van der Waals surface area contributed by atoms with Gasteiger partial charge in [0.2, 0.25) is 0 Å². The minimum atomic E-state index is -0.121. The fourth-order valence-electron chi connectivity index (χ4n) is 2.10. The van der Waals surface area contributed by atoms with Gasteiger partial charge in [-0.25, -0.2) is 4.79 Å². The molecule has 0 aliphatic rings. The van der Waals surface area contributed by atoms with E-state index in [0.717, 1.165) is 18.4 Å². The number of hydrogen-bond acceptors (Lipinski definition) is 1.